The molecule has 4 atom stereocenters. The summed E-state index contributed by atoms with van der Waals surface area (Å²) in [5.74, 6) is 1.20. The van der Waals surface area contributed by atoms with Gasteiger partial charge in [0.05, 0.1) is 28.7 Å². The second kappa shape index (κ2) is 19.4. The van der Waals surface area contributed by atoms with Crippen molar-refractivity contribution in [3.8, 4) is 0 Å². The van der Waals surface area contributed by atoms with Crippen LogP contribution in [0.25, 0.3) is 0 Å². The highest BCUT2D eigenvalue weighted by Crippen LogP contribution is 2.40. The number of aromatic nitrogens is 2. The minimum absolute atomic E-state index is 0.0512. The van der Waals surface area contributed by atoms with Gasteiger partial charge in [-0.1, -0.05) is 67.5 Å². The van der Waals surface area contributed by atoms with Crippen LogP contribution in [0, 0.1) is 25.7 Å². The van der Waals surface area contributed by atoms with E-state index in [-0.39, 0.29) is 52.2 Å². The first-order valence-electron chi connectivity index (χ1n) is 16.7. The van der Waals surface area contributed by atoms with E-state index >= 15 is 0 Å². The van der Waals surface area contributed by atoms with Crippen molar-refractivity contribution < 1.29 is 23.5 Å². The molecule has 0 aliphatic carbocycles. The Morgan fingerprint density at radius 2 is 1.10 bits per heavy atom. The lowest BCUT2D eigenvalue weighted by Crippen LogP contribution is -2.46. The highest BCUT2D eigenvalue weighted by Gasteiger charge is 2.41. The average molecular weight is 758 g/mol. The number of hydrogen-bond acceptors (Lipinski definition) is 8. The SMILES string of the molecule is Cc1ccc(SCC(C)C(CC(=O)Cl)O[Si](C)(C)C(C)(C)C)nc1.Cc1ccc(SCC(C)C(CC(=O)O)O[Si](C)(C)C(C)(C)C)nc1. The molecule has 4 unspecified atom stereocenters. The van der Waals surface area contributed by atoms with E-state index in [1.165, 1.54) is 0 Å². The summed E-state index contributed by atoms with van der Waals surface area (Å²) in [5.41, 5.74) is 2.29. The van der Waals surface area contributed by atoms with Gasteiger partial charge in [0, 0.05) is 30.3 Å². The molecule has 0 fully saturated rings. The molecule has 7 nitrogen and oxygen atoms in total. The summed E-state index contributed by atoms with van der Waals surface area (Å²) in [6, 6.07) is 8.14. The summed E-state index contributed by atoms with van der Waals surface area (Å²) in [7, 11) is -3.95. The average Bonchev–Trinajstić information content (AvgIpc) is 2.94. The molecule has 0 aliphatic rings. The van der Waals surface area contributed by atoms with Crippen LogP contribution in [0.3, 0.4) is 0 Å². The van der Waals surface area contributed by atoms with Crippen LogP contribution in [0.4, 0.5) is 0 Å². The number of carboxylic acids is 1. The van der Waals surface area contributed by atoms with Crippen molar-refractivity contribution in [2.45, 2.75) is 141 Å². The van der Waals surface area contributed by atoms with Crippen molar-refractivity contribution >= 4 is 63.0 Å². The van der Waals surface area contributed by atoms with Crippen LogP contribution >= 0.6 is 35.1 Å². The third-order valence-corrected chi connectivity index (χ3v) is 20.9. The minimum Gasteiger partial charge on any atom is -0.481 e. The Morgan fingerprint density at radius 3 is 1.38 bits per heavy atom. The largest absolute Gasteiger partial charge is 0.481 e. The molecule has 12 heteroatoms. The van der Waals surface area contributed by atoms with Crippen molar-refractivity contribution in [3.05, 3.63) is 47.8 Å². The molecule has 48 heavy (non-hydrogen) atoms. The first kappa shape index (κ1) is 44.8. The van der Waals surface area contributed by atoms with Gasteiger partial charge in [0.25, 0.3) is 0 Å². The zero-order valence-electron chi connectivity index (χ0n) is 31.8. The van der Waals surface area contributed by atoms with Crippen LogP contribution in [0.1, 0.15) is 79.4 Å². The molecule has 2 heterocycles. The molecule has 0 saturated carbocycles. The van der Waals surface area contributed by atoms with Crippen molar-refractivity contribution in [2.24, 2.45) is 11.8 Å². The van der Waals surface area contributed by atoms with Crippen LogP contribution in [0.2, 0.25) is 36.3 Å². The Hall–Kier alpha value is -1.22. The second-order valence-corrected chi connectivity index (χ2v) is 27.9. The van der Waals surface area contributed by atoms with Crippen LogP contribution in [0.5, 0.6) is 0 Å². The fourth-order valence-corrected chi connectivity index (χ4v) is 8.77. The second-order valence-electron chi connectivity index (χ2n) is 15.9. The number of rotatable bonds is 16. The van der Waals surface area contributed by atoms with E-state index in [0.717, 1.165) is 32.7 Å². The lowest BCUT2D eigenvalue weighted by molar-refractivity contribution is -0.139. The van der Waals surface area contributed by atoms with E-state index in [0.29, 0.717) is 0 Å². The molecule has 0 saturated heterocycles. The topological polar surface area (TPSA) is 98.6 Å². The third kappa shape index (κ3) is 16.2. The Labute approximate surface area is 306 Å². The number of carbonyl (C=O) groups excluding carboxylic acids is 1. The van der Waals surface area contributed by atoms with Crippen molar-refractivity contribution in [2.75, 3.05) is 11.5 Å². The number of hydrogen-bond donors (Lipinski definition) is 1. The number of aryl methyl sites for hydroxylation is 2. The third-order valence-electron chi connectivity index (χ3n) is 9.27. The van der Waals surface area contributed by atoms with Gasteiger partial charge in [-0.15, -0.1) is 23.5 Å². The summed E-state index contributed by atoms with van der Waals surface area (Å²) in [4.78, 5) is 31.6. The lowest BCUT2D eigenvalue weighted by atomic mass is 10.0. The Morgan fingerprint density at radius 1 is 0.750 bits per heavy atom. The van der Waals surface area contributed by atoms with Crippen molar-refractivity contribution in [3.63, 3.8) is 0 Å². The molecule has 0 amide bonds. The van der Waals surface area contributed by atoms with E-state index in [4.69, 9.17) is 20.5 Å². The standard InChI is InChI=1S/C18H30ClNO2SSi.C18H31NO3SSi/c1-13-8-9-17(20-11-13)23-12-14(2)15(10-16(19)21)22-24(6,7)18(3,4)5;1-13-8-9-16(19-11-13)23-12-14(2)15(10-17(20)21)22-24(6,7)18(3,4)5/h8-9,11,14-15H,10,12H2,1-7H3;8-9,11,14-15H,10,12H2,1-7H3,(H,20,21). The summed E-state index contributed by atoms with van der Waals surface area (Å²) < 4.78 is 12.9. The highest BCUT2D eigenvalue weighted by atomic mass is 35.5. The summed E-state index contributed by atoms with van der Waals surface area (Å²) in [6.45, 7) is 30.1. The quantitative estimate of drug-likeness (QED) is 0.102. The molecule has 0 radical (unpaired) electrons. The first-order valence-corrected chi connectivity index (χ1v) is 24.9. The monoisotopic (exact) mass is 756 g/mol. The van der Waals surface area contributed by atoms with Gasteiger partial charge in [-0.05, 0) is 96.8 Å². The van der Waals surface area contributed by atoms with Crippen molar-refractivity contribution in [1.82, 2.24) is 9.97 Å². The van der Waals surface area contributed by atoms with Gasteiger partial charge in [-0.2, -0.15) is 0 Å². The summed E-state index contributed by atoms with van der Waals surface area (Å²) >= 11 is 9.03. The molecule has 272 valence electrons. The zero-order chi connectivity index (χ0) is 37.1. The first-order chi connectivity index (χ1) is 21.8. The van der Waals surface area contributed by atoms with Gasteiger partial charge >= 0.3 is 5.97 Å². The Bertz CT molecular complexity index is 1180. The van der Waals surface area contributed by atoms with Crippen LogP contribution in [-0.2, 0) is 18.4 Å². The molecule has 1 N–H and O–H groups in total. The van der Waals surface area contributed by atoms with Crippen molar-refractivity contribution in [1.29, 1.82) is 0 Å². The molecular weight excluding hydrogens is 696 g/mol. The van der Waals surface area contributed by atoms with Gasteiger partial charge < -0.3 is 14.0 Å². The fraction of sp³-hybridized carbons (Fsp3) is 0.667. The highest BCUT2D eigenvalue weighted by molar-refractivity contribution is 7.99. The van der Waals surface area contributed by atoms with E-state index in [2.05, 4.69) is 97.6 Å². The van der Waals surface area contributed by atoms with Gasteiger partial charge in [-0.25, -0.2) is 9.97 Å². The summed E-state index contributed by atoms with van der Waals surface area (Å²) in [5, 5.41) is 11.1. The number of carboxylic acid groups (broad SMARTS) is 1. The minimum atomic E-state index is -2.00. The van der Waals surface area contributed by atoms with E-state index in [1.54, 1.807) is 23.5 Å². The maximum absolute atomic E-state index is 11.5. The number of thioether (sulfide) groups is 2. The fourth-order valence-electron chi connectivity index (χ4n) is 3.89. The van der Waals surface area contributed by atoms with Gasteiger partial charge in [0.15, 0.2) is 16.6 Å². The van der Waals surface area contributed by atoms with Gasteiger partial charge in [-0.3, -0.25) is 9.59 Å². The van der Waals surface area contributed by atoms with E-state index < -0.39 is 22.6 Å². The maximum atomic E-state index is 11.5. The van der Waals surface area contributed by atoms with Crippen LogP contribution < -0.4 is 0 Å². The van der Waals surface area contributed by atoms with Gasteiger partial charge in [0.1, 0.15) is 0 Å². The van der Waals surface area contributed by atoms with Gasteiger partial charge in [0.2, 0.25) is 5.24 Å². The number of nitrogens with zero attached hydrogens (tertiary/aromatic N) is 2. The van der Waals surface area contributed by atoms with Crippen LogP contribution in [-0.4, -0.2) is 66.6 Å². The molecule has 0 aromatic carbocycles. The molecule has 0 aliphatic heterocycles. The molecule has 2 aromatic rings. The molecule has 2 rings (SSSR count). The number of pyridine rings is 2. The molecular formula is C36H61ClN2O5S2Si2. The zero-order valence-corrected chi connectivity index (χ0v) is 36.2. The smallest absolute Gasteiger partial charge is 0.305 e. The predicted molar refractivity (Wildman–Crippen MR) is 210 cm³/mol. The van der Waals surface area contributed by atoms with Crippen LogP contribution in [0.15, 0.2) is 46.7 Å². The Kier molecular flexibility index (Phi) is 18.1. The molecule has 0 spiro atoms. The Balaban J connectivity index is 0.000000480. The predicted octanol–water partition coefficient (Wildman–Crippen LogP) is 10.6. The normalized spacial score (nSPS) is 15.1. The molecule has 2 aromatic heterocycles. The lowest BCUT2D eigenvalue weighted by Gasteiger charge is -2.40. The van der Waals surface area contributed by atoms with E-state index in [1.807, 2.05) is 44.4 Å². The number of carbonyl (C=O) groups is 2. The van der Waals surface area contributed by atoms with E-state index in [9.17, 15) is 14.7 Å². The summed E-state index contributed by atoms with van der Waals surface area (Å²) in [6.07, 6.45) is 3.63. The molecule has 0 bridgehead atoms. The maximum Gasteiger partial charge on any atom is 0.305 e. The number of halogens is 1. The number of aliphatic carboxylic acids is 1.